The number of hydrogen-bond donors (Lipinski definition) is 1. The van der Waals surface area contributed by atoms with Crippen molar-refractivity contribution >= 4 is 16.8 Å². The smallest absolute Gasteiger partial charge is 0.328 e. The molecule has 1 aromatic heterocycles. The molecule has 1 fully saturated rings. The van der Waals surface area contributed by atoms with Crippen LogP contribution in [0.3, 0.4) is 0 Å². The third-order valence-electron chi connectivity index (χ3n) is 5.53. The van der Waals surface area contributed by atoms with Gasteiger partial charge < -0.3 is 9.64 Å². The molecule has 3 aromatic rings. The van der Waals surface area contributed by atoms with Gasteiger partial charge in [0.15, 0.2) is 0 Å². The Morgan fingerprint density at radius 2 is 1.90 bits per heavy atom. The molecular weight excluding hydrogens is 370 g/mol. The van der Waals surface area contributed by atoms with Crippen molar-refractivity contribution in [3.63, 3.8) is 0 Å². The topological polar surface area (TPSA) is 84.4 Å². The first-order valence-electron chi connectivity index (χ1n) is 9.74. The lowest BCUT2D eigenvalue weighted by atomic mass is 10.0. The van der Waals surface area contributed by atoms with Crippen LogP contribution in [0.4, 0.5) is 0 Å². The zero-order valence-electron chi connectivity index (χ0n) is 16.3. The van der Waals surface area contributed by atoms with Gasteiger partial charge in [-0.3, -0.25) is 19.1 Å². The number of amides is 1. The Morgan fingerprint density at radius 3 is 2.66 bits per heavy atom. The van der Waals surface area contributed by atoms with Crippen molar-refractivity contribution < 1.29 is 9.53 Å². The van der Waals surface area contributed by atoms with Crippen molar-refractivity contribution in [2.24, 2.45) is 0 Å². The molecule has 7 nitrogen and oxygen atoms in total. The molecule has 1 aliphatic heterocycles. The minimum absolute atomic E-state index is 0.00509. The molecule has 0 saturated carbocycles. The van der Waals surface area contributed by atoms with Crippen LogP contribution in [0.15, 0.2) is 58.1 Å². The summed E-state index contributed by atoms with van der Waals surface area (Å²) in [6, 6.07) is 14.8. The Bertz CT molecular complexity index is 1150. The number of hydrogen-bond acceptors (Lipinski definition) is 4. The molecule has 1 atom stereocenters. The van der Waals surface area contributed by atoms with E-state index in [1.54, 1.807) is 31.4 Å². The van der Waals surface area contributed by atoms with Gasteiger partial charge in [-0.1, -0.05) is 24.3 Å². The number of ether oxygens (including phenoxy) is 1. The van der Waals surface area contributed by atoms with Gasteiger partial charge in [-0.15, -0.1) is 0 Å². The first-order chi connectivity index (χ1) is 14.1. The SMILES string of the molecule is COc1ccc(C2CCCN2C(=O)CCn2c(=O)[nH]c(=O)c3ccccc32)cc1. The van der Waals surface area contributed by atoms with E-state index in [0.717, 1.165) is 24.2 Å². The molecule has 1 amide bonds. The van der Waals surface area contributed by atoms with Crippen molar-refractivity contribution in [1.82, 2.24) is 14.5 Å². The summed E-state index contributed by atoms with van der Waals surface area (Å²) in [6.45, 7) is 0.928. The van der Waals surface area contributed by atoms with Crippen LogP contribution in [0.5, 0.6) is 5.75 Å². The quantitative estimate of drug-likeness (QED) is 0.722. The number of methoxy groups -OCH3 is 1. The molecule has 1 aliphatic rings. The Labute approximate surface area is 167 Å². The van der Waals surface area contributed by atoms with E-state index in [4.69, 9.17) is 4.74 Å². The number of likely N-dealkylation sites (tertiary alicyclic amines) is 1. The van der Waals surface area contributed by atoms with Crippen molar-refractivity contribution in [2.75, 3.05) is 13.7 Å². The summed E-state index contributed by atoms with van der Waals surface area (Å²) in [5, 5.41) is 0.442. The molecule has 0 aliphatic carbocycles. The molecule has 29 heavy (non-hydrogen) atoms. The summed E-state index contributed by atoms with van der Waals surface area (Å²) >= 11 is 0. The van der Waals surface area contributed by atoms with Gasteiger partial charge in [0.2, 0.25) is 5.91 Å². The van der Waals surface area contributed by atoms with Crippen LogP contribution in [-0.2, 0) is 11.3 Å². The highest BCUT2D eigenvalue weighted by atomic mass is 16.5. The predicted octanol–water partition coefficient (Wildman–Crippen LogP) is 2.45. The number of para-hydroxylation sites is 1. The molecular formula is C22H23N3O4. The largest absolute Gasteiger partial charge is 0.497 e. The number of H-pyrrole nitrogens is 1. The summed E-state index contributed by atoms with van der Waals surface area (Å²) in [5.74, 6) is 0.791. The minimum atomic E-state index is -0.491. The van der Waals surface area contributed by atoms with E-state index in [-0.39, 0.29) is 24.9 Å². The van der Waals surface area contributed by atoms with Crippen LogP contribution in [0.1, 0.15) is 30.9 Å². The molecule has 1 N–H and O–H groups in total. The highest BCUT2D eigenvalue weighted by Gasteiger charge is 2.29. The number of nitrogens with one attached hydrogen (secondary N) is 1. The second kappa shape index (κ2) is 7.95. The number of aromatic amines is 1. The summed E-state index contributed by atoms with van der Waals surface area (Å²) in [4.78, 5) is 41.5. The van der Waals surface area contributed by atoms with Crippen molar-refractivity contribution in [3.05, 3.63) is 74.9 Å². The van der Waals surface area contributed by atoms with Crippen molar-refractivity contribution in [3.8, 4) is 5.75 Å². The number of nitrogens with zero attached hydrogens (tertiary/aromatic N) is 2. The van der Waals surface area contributed by atoms with Crippen LogP contribution in [0.25, 0.3) is 10.9 Å². The number of carbonyl (C=O) groups is 1. The lowest BCUT2D eigenvalue weighted by Crippen LogP contribution is -2.34. The zero-order chi connectivity index (χ0) is 20.4. The molecule has 0 spiro atoms. The average molecular weight is 393 g/mol. The standard InChI is InChI=1S/C22H23N3O4/c1-29-16-10-8-15(9-11-16)18-7-4-13-24(18)20(26)12-14-25-19-6-3-2-5-17(19)21(27)23-22(25)28/h2-3,5-6,8-11,18H,4,7,12-14H2,1H3,(H,23,27,28). The van der Waals surface area contributed by atoms with E-state index in [1.807, 2.05) is 29.2 Å². The molecule has 4 rings (SSSR count). The predicted molar refractivity (Wildman–Crippen MR) is 110 cm³/mol. The van der Waals surface area contributed by atoms with Crippen LogP contribution in [-0.4, -0.2) is 34.0 Å². The number of rotatable bonds is 5. The maximum Gasteiger partial charge on any atom is 0.328 e. The number of benzene rings is 2. The van der Waals surface area contributed by atoms with E-state index in [0.29, 0.717) is 17.4 Å². The van der Waals surface area contributed by atoms with Gasteiger partial charge in [0.25, 0.3) is 5.56 Å². The molecule has 150 valence electrons. The molecule has 1 unspecified atom stereocenters. The van der Waals surface area contributed by atoms with Crippen LogP contribution >= 0.6 is 0 Å². The number of carbonyl (C=O) groups excluding carboxylic acids is 1. The van der Waals surface area contributed by atoms with Crippen LogP contribution < -0.4 is 16.0 Å². The van der Waals surface area contributed by atoms with Gasteiger partial charge in [0.05, 0.1) is 24.1 Å². The number of fused-ring (bicyclic) bond motifs is 1. The maximum absolute atomic E-state index is 13.0. The highest BCUT2D eigenvalue weighted by Crippen LogP contribution is 2.33. The average Bonchev–Trinajstić information content (AvgIpc) is 3.23. The highest BCUT2D eigenvalue weighted by molar-refractivity contribution is 5.79. The summed E-state index contributed by atoms with van der Waals surface area (Å²) in [6.07, 6.45) is 2.06. The summed E-state index contributed by atoms with van der Waals surface area (Å²) in [5.41, 5.74) is 0.729. The van der Waals surface area contributed by atoms with Crippen molar-refractivity contribution in [2.45, 2.75) is 31.8 Å². The van der Waals surface area contributed by atoms with E-state index >= 15 is 0 Å². The first kappa shape index (κ1) is 19.0. The fourth-order valence-electron chi connectivity index (χ4n) is 4.05. The Balaban J connectivity index is 1.53. The van der Waals surface area contributed by atoms with E-state index < -0.39 is 11.2 Å². The minimum Gasteiger partial charge on any atom is -0.497 e. The van der Waals surface area contributed by atoms with Crippen molar-refractivity contribution in [1.29, 1.82) is 0 Å². The third-order valence-corrected chi connectivity index (χ3v) is 5.53. The van der Waals surface area contributed by atoms with E-state index in [1.165, 1.54) is 4.57 Å². The monoisotopic (exact) mass is 393 g/mol. The Hall–Kier alpha value is -3.35. The van der Waals surface area contributed by atoms with Gasteiger partial charge in [0.1, 0.15) is 5.75 Å². The van der Waals surface area contributed by atoms with Gasteiger partial charge in [-0.05, 0) is 42.7 Å². The van der Waals surface area contributed by atoms with Crippen LogP contribution in [0, 0.1) is 0 Å². The number of aromatic nitrogens is 2. The van der Waals surface area contributed by atoms with Gasteiger partial charge >= 0.3 is 5.69 Å². The van der Waals surface area contributed by atoms with E-state index in [2.05, 4.69) is 4.98 Å². The molecule has 0 bridgehead atoms. The maximum atomic E-state index is 13.0. The Kier molecular flexibility index (Phi) is 5.20. The molecule has 2 heterocycles. The molecule has 0 radical (unpaired) electrons. The lowest BCUT2D eigenvalue weighted by Gasteiger charge is -2.25. The molecule has 7 heteroatoms. The third kappa shape index (κ3) is 3.68. The fraction of sp³-hybridized carbons (Fsp3) is 0.318. The van der Waals surface area contributed by atoms with Crippen LogP contribution in [0.2, 0.25) is 0 Å². The van der Waals surface area contributed by atoms with Gasteiger partial charge in [0, 0.05) is 19.5 Å². The Morgan fingerprint density at radius 1 is 1.14 bits per heavy atom. The first-order valence-corrected chi connectivity index (χ1v) is 9.74. The summed E-state index contributed by atoms with van der Waals surface area (Å²) in [7, 11) is 1.63. The number of aryl methyl sites for hydroxylation is 1. The lowest BCUT2D eigenvalue weighted by molar-refractivity contribution is -0.132. The molecule has 2 aromatic carbocycles. The van der Waals surface area contributed by atoms with Gasteiger partial charge in [-0.2, -0.15) is 0 Å². The van der Waals surface area contributed by atoms with Gasteiger partial charge in [-0.25, -0.2) is 4.79 Å². The fourth-order valence-corrected chi connectivity index (χ4v) is 4.05. The van der Waals surface area contributed by atoms with E-state index in [9.17, 15) is 14.4 Å². The summed E-state index contributed by atoms with van der Waals surface area (Å²) < 4.78 is 6.68. The second-order valence-electron chi connectivity index (χ2n) is 7.20. The second-order valence-corrected chi connectivity index (χ2v) is 7.20. The molecule has 1 saturated heterocycles. The normalized spacial score (nSPS) is 16.3. The zero-order valence-corrected chi connectivity index (χ0v) is 16.3.